The molecule has 0 saturated carbocycles. The third kappa shape index (κ3) is 12.5. The zero-order chi connectivity index (χ0) is 23.8. The average Bonchev–Trinajstić information content (AvgIpc) is 2.76. The van der Waals surface area contributed by atoms with E-state index < -0.39 is 32.5 Å². The minimum absolute atomic E-state index is 0. The van der Waals surface area contributed by atoms with Crippen molar-refractivity contribution < 1.29 is 61.6 Å². The van der Waals surface area contributed by atoms with Crippen molar-refractivity contribution in [2.24, 2.45) is 0 Å². The third-order valence-electron chi connectivity index (χ3n) is 4.71. The Balaban J connectivity index is 0.0000102. The van der Waals surface area contributed by atoms with Crippen molar-refractivity contribution in [3.63, 3.8) is 0 Å². The van der Waals surface area contributed by atoms with Gasteiger partial charge in [0.2, 0.25) is 0 Å². The molecule has 0 N–H and O–H groups in total. The Morgan fingerprint density at radius 2 is 1.36 bits per heavy atom. The molecule has 0 spiro atoms. The van der Waals surface area contributed by atoms with E-state index in [-0.39, 0.29) is 35.1 Å². The van der Waals surface area contributed by atoms with E-state index in [9.17, 15) is 22.6 Å². The number of unbranched alkanes of at least 4 members (excludes halogenated alkanes) is 8. The standard InChI is InChI=1S/C24H34O7S.Na/c1-3-5-7-9-11-13-18-30-23(25)20-16-15-17-21(32(27,28)29)22(20)24(26)31-19-14-12-10-8-6-4-2;/h13-19H,3-12H2,1-2H3,(H,27,28,29);/q;+1/p-1/b18-13+,19-14+;. The summed E-state index contributed by atoms with van der Waals surface area (Å²) in [6.45, 7) is 4.21. The van der Waals surface area contributed by atoms with Gasteiger partial charge in [0.25, 0.3) is 0 Å². The van der Waals surface area contributed by atoms with Crippen LogP contribution in [0.5, 0.6) is 0 Å². The van der Waals surface area contributed by atoms with E-state index in [0.29, 0.717) is 6.42 Å². The molecule has 0 aliphatic carbocycles. The molecular formula is C24H33NaO7S. The summed E-state index contributed by atoms with van der Waals surface area (Å²) in [5.41, 5.74) is -0.974. The summed E-state index contributed by atoms with van der Waals surface area (Å²) < 4.78 is 45.0. The molecular weight excluding hydrogens is 455 g/mol. The zero-order valence-corrected chi connectivity index (χ0v) is 22.7. The van der Waals surface area contributed by atoms with Crippen LogP contribution in [-0.2, 0) is 19.6 Å². The fraction of sp³-hybridized carbons (Fsp3) is 0.500. The first kappa shape index (κ1) is 31.6. The normalized spacial score (nSPS) is 11.5. The van der Waals surface area contributed by atoms with Crippen molar-refractivity contribution in [2.45, 2.75) is 83.0 Å². The number of carbonyl (C=O) groups excluding carboxylic acids is 2. The van der Waals surface area contributed by atoms with E-state index in [4.69, 9.17) is 9.47 Å². The van der Waals surface area contributed by atoms with E-state index in [2.05, 4.69) is 13.8 Å². The molecule has 0 bridgehead atoms. The van der Waals surface area contributed by atoms with Gasteiger partial charge in [-0.15, -0.1) is 0 Å². The van der Waals surface area contributed by atoms with Crippen LogP contribution < -0.4 is 29.6 Å². The number of hydrogen-bond acceptors (Lipinski definition) is 7. The summed E-state index contributed by atoms with van der Waals surface area (Å²) in [7, 11) is -5.02. The SMILES string of the molecule is CCCCCC/C=C/OC(=O)c1cccc(S(=O)(=O)[O-])c1C(=O)O/C=C/CCCCCC.[Na+]. The number of rotatable bonds is 15. The molecule has 0 aromatic heterocycles. The molecule has 7 nitrogen and oxygen atoms in total. The number of esters is 2. The Kier molecular flexibility index (Phi) is 17.2. The molecule has 0 fully saturated rings. The third-order valence-corrected chi connectivity index (χ3v) is 5.59. The van der Waals surface area contributed by atoms with Gasteiger partial charge in [0.05, 0.1) is 28.5 Å². The minimum Gasteiger partial charge on any atom is -0.744 e. The monoisotopic (exact) mass is 488 g/mol. The predicted octanol–water partition coefficient (Wildman–Crippen LogP) is 2.88. The van der Waals surface area contributed by atoms with Gasteiger partial charge in [-0.2, -0.15) is 0 Å². The van der Waals surface area contributed by atoms with Crippen LogP contribution in [0.3, 0.4) is 0 Å². The Morgan fingerprint density at radius 1 is 0.848 bits per heavy atom. The van der Waals surface area contributed by atoms with Crippen molar-refractivity contribution >= 4 is 22.1 Å². The second-order valence-electron chi connectivity index (χ2n) is 7.39. The summed E-state index contributed by atoms with van der Waals surface area (Å²) in [6.07, 6.45) is 15.5. The average molecular weight is 489 g/mol. The van der Waals surface area contributed by atoms with Crippen molar-refractivity contribution in [1.82, 2.24) is 0 Å². The number of benzene rings is 1. The zero-order valence-electron chi connectivity index (χ0n) is 19.9. The first-order valence-electron chi connectivity index (χ1n) is 11.1. The van der Waals surface area contributed by atoms with E-state index >= 15 is 0 Å². The first-order valence-corrected chi connectivity index (χ1v) is 12.5. The number of hydrogen-bond donors (Lipinski definition) is 0. The summed E-state index contributed by atoms with van der Waals surface area (Å²) in [4.78, 5) is 24.2. The molecule has 0 amide bonds. The molecule has 1 aromatic rings. The van der Waals surface area contributed by atoms with Gasteiger partial charge in [0, 0.05) is 0 Å². The second kappa shape index (κ2) is 18.0. The summed E-state index contributed by atoms with van der Waals surface area (Å²) in [5, 5.41) is 0. The van der Waals surface area contributed by atoms with Crippen molar-refractivity contribution in [3.05, 3.63) is 54.0 Å². The Hall–Kier alpha value is -1.45. The molecule has 0 aliphatic heterocycles. The van der Waals surface area contributed by atoms with Crippen molar-refractivity contribution in [3.8, 4) is 0 Å². The number of ether oxygens (including phenoxy) is 2. The van der Waals surface area contributed by atoms with Gasteiger partial charge >= 0.3 is 41.5 Å². The molecule has 33 heavy (non-hydrogen) atoms. The van der Waals surface area contributed by atoms with Gasteiger partial charge in [0.1, 0.15) is 10.1 Å². The van der Waals surface area contributed by atoms with Crippen LogP contribution in [0.4, 0.5) is 0 Å². The summed E-state index contributed by atoms with van der Waals surface area (Å²) >= 11 is 0. The topological polar surface area (TPSA) is 110 Å². The van der Waals surface area contributed by atoms with Gasteiger partial charge in [-0.3, -0.25) is 0 Å². The number of allylic oxidation sites excluding steroid dienone is 2. The summed E-state index contributed by atoms with van der Waals surface area (Å²) in [6, 6.07) is 3.39. The smallest absolute Gasteiger partial charge is 0.744 e. The van der Waals surface area contributed by atoms with E-state index in [1.807, 2.05) is 0 Å². The number of carbonyl (C=O) groups is 2. The van der Waals surface area contributed by atoms with Crippen molar-refractivity contribution in [2.75, 3.05) is 0 Å². The molecule has 0 unspecified atom stereocenters. The summed E-state index contributed by atoms with van der Waals surface area (Å²) in [5.74, 6) is -2.06. The van der Waals surface area contributed by atoms with Crippen LogP contribution in [0, 0.1) is 0 Å². The molecule has 1 rings (SSSR count). The largest absolute Gasteiger partial charge is 1.00 e. The van der Waals surface area contributed by atoms with Crippen molar-refractivity contribution in [1.29, 1.82) is 0 Å². The van der Waals surface area contributed by atoms with Crippen LogP contribution >= 0.6 is 0 Å². The molecule has 0 radical (unpaired) electrons. The molecule has 0 aliphatic rings. The van der Waals surface area contributed by atoms with Crippen LogP contribution in [-0.4, -0.2) is 24.9 Å². The fourth-order valence-corrected chi connectivity index (χ4v) is 3.66. The molecule has 1 aromatic carbocycles. The second-order valence-corrected chi connectivity index (χ2v) is 8.73. The van der Waals surface area contributed by atoms with E-state index in [0.717, 1.165) is 70.1 Å². The Labute approximate surface area is 219 Å². The molecule has 0 saturated heterocycles. The van der Waals surface area contributed by atoms with Gasteiger partial charge in [0.15, 0.2) is 0 Å². The molecule has 0 heterocycles. The Morgan fingerprint density at radius 3 is 1.85 bits per heavy atom. The maximum absolute atomic E-state index is 12.5. The van der Waals surface area contributed by atoms with Gasteiger partial charge in [-0.05, 0) is 50.0 Å². The molecule has 178 valence electrons. The van der Waals surface area contributed by atoms with Crippen LogP contribution in [0.1, 0.15) is 98.8 Å². The Bertz CT molecular complexity index is 892. The maximum Gasteiger partial charge on any atom is 1.00 e. The fourth-order valence-electron chi connectivity index (χ4n) is 2.98. The van der Waals surface area contributed by atoms with Crippen LogP contribution in [0.15, 0.2) is 47.8 Å². The van der Waals surface area contributed by atoms with E-state index in [1.165, 1.54) is 18.4 Å². The van der Waals surface area contributed by atoms with Gasteiger partial charge in [-0.1, -0.05) is 58.4 Å². The van der Waals surface area contributed by atoms with Crippen LogP contribution in [0.2, 0.25) is 0 Å². The van der Waals surface area contributed by atoms with Gasteiger partial charge < -0.3 is 14.0 Å². The molecule has 9 heteroatoms. The van der Waals surface area contributed by atoms with E-state index in [1.54, 1.807) is 12.2 Å². The maximum atomic E-state index is 12.5. The van der Waals surface area contributed by atoms with Crippen LogP contribution in [0.25, 0.3) is 0 Å². The first-order chi connectivity index (χ1) is 15.3. The van der Waals surface area contributed by atoms with Gasteiger partial charge in [-0.25, -0.2) is 18.0 Å². The minimum atomic E-state index is -5.02. The predicted molar refractivity (Wildman–Crippen MR) is 121 cm³/mol. The molecule has 0 atom stereocenters. The quantitative estimate of drug-likeness (QED) is 0.123.